The Morgan fingerprint density at radius 2 is 0.825 bits per heavy atom. The largest absolute Gasteiger partial charge is 0.490 e. The third kappa shape index (κ3) is 6.76. The number of aromatic nitrogens is 2. The maximum atomic E-state index is 13.8. The number of halogens is 3. The van der Waals surface area contributed by atoms with Crippen molar-refractivity contribution in [2.75, 3.05) is 39.3 Å². The first-order valence-corrected chi connectivity index (χ1v) is 18.8. The molecule has 0 radical (unpaired) electrons. The first kappa shape index (κ1) is 37.7. The summed E-state index contributed by atoms with van der Waals surface area (Å²) in [5.41, 5.74) is 5.71. The number of alkyl halides is 3. The van der Waals surface area contributed by atoms with Crippen LogP contribution in [0, 0.1) is 0 Å². The van der Waals surface area contributed by atoms with Crippen LogP contribution in [0.2, 0.25) is 0 Å². The number of fused-ring (bicyclic) bond motifs is 10. The molecule has 13 heteroatoms. The van der Waals surface area contributed by atoms with Crippen molar-refractivity contribution >= 4 is 39.1 Å². The van der Waals surface area contributed by atoms with Gasteiger partial charge >= 0.3 is 12.1 Å². The minimum absolute atomic E-state index is 0.00939. The van der Waals surface area contributed by atoms with Gasteiger partial charge in [0.2, 0.25) is 0 Å². The van der Waals surface area contributed by atoms with Gasteiger partial charge in [0.15, 0.2) is 11.6 Å². The van der Waals surface area contributed by atoms with Crippen molar-refractivity contribution < 1.29 is 32.7 Å². The molecule has 1 saturated heterocycles. The smallest absolute Gasteiger partial charge is 0.475 e. The molecule has 1 aliphatic heterocycles. The quantitative estimate of drug-likeness (QED) is 0.187. The number of hydrogen-bond acceptors (Lipinski definition) is 7. The van der Waals surface area contributed by atoms with Crippen LogP contribution in [-0.4, -0.2) is 87.0 Å². The molecule has 10 nitrogen and oxygen atoms in total. The monoisotopic (exact) mass is 774 g/mol. The predicted octanol–water partition coefficient (Wildman–Crippen LogP) is 6.47. The van der Waals surface area contributed by atoms with E-state index in [4.69, 9.17) is 9.90 Å². The lowest BCUT2D eigenvalue weighted by molar-refractivity contribution is -0.192. The van der Waals surface area contributed by atoms with Crippen LogP contribution in [0.3, 0.4) is 0 Å². The molecule has 0 atom stereocenters. The van der Waals surface area contributed by atoms with Gasteiger partial charge in [-0.15, -0.1) is 0 Å². The van der Waals surface area contributed by atoms with Crippen LogP contribution in [0.25, 0.3) is 44.1 Å². The Morgan fingerprint density at radius 1 is 0.509 bits per heavy atom. The first-order valence-electron chi connectivity index (χ1n) is 18.8. The average molecular weight is 775 g/mol. The van der Waals surface area contributed by atoms with Gasteiger partial charge in [0.1, 0.15) is 0 Å². The van der Waals surface area contributed by atoms with Gasteiger partial charge in [-0.3, -0.25) is 19.2 Å². The fraction of sp³-hybridized carbons (Fsp3) is 0.250. The van der Waals surface area contributed by atoms with Gasteiger partial charge in [-0.2, -0.15) is 13.2 Å². The van der Waals surface area contributed by atoms with E-state index >= 15 is 0 Å². The van der Waals surface area contributed by atoms with Crippen molar-refractivity contribution in [2.24, 2.45) is 0 Å². The van der Waals surface area contributed by atoms with Crippen LogP contribution in [0.4, 0.5) is 13.2 Å². The molecule has 0 spiro atoms. The standard InChI is InChI=1S/C42H36N4O4.C2HF3O2/c47-39-31-15-5-3-13-29(31)37-35(39)27-11-1-7-17-33(27)41(49)45(37)21-9-19-43-23-25-44(26-24-43)20-10-22-46-38-30-14-4-6-16-32(30)40(48)36(38)28-12-2-8-18-34(28)42(46)50;3-2(4,5)1(6)7/h1-8,11-18H,9-10,19-26H2;(H,6,7). The lowest BCUT2D eigenvalue weighted by Crippen LogP contribution is -2.47. The second-order valence-electron chi connectivity index (χ2n) is 14.4. The number of nitrogens with zero attached hydrogens (tertiary/aromatic N) is 4. The maximum absolute atomic E-state index is 13.8. The number of carboxylic acids is 1. The van der Waals surface area contributed by atoms with E-state index in [-0.39, 0.29) is 22.7 Å². The number of benzene rings is 4. The number of carboxylic acid groups (broad SMARTS) is 1. The van der Waals surface area contributed by atoms with Crippen LogP contribution in [0.15, 0.2) is 107 Å². The van der Waals surface area contributed by atoms with E-state index in [0.29, 0.717) is 46.1 Å². The van der Waals surface area contributed by atoms with Crippen LogP contribution < -0.4 is 11.1 Å². The highest BCUT2D eigenvalue weighted by atomic mass is 19.4. The predicted molar refractivity (Wildman–Crippen MR) is 210 cm³/mol. The van der Waals surface area contributed by atoms with Crippen molar-refractivity contribution in [3.05, 3.63) is 140 Å². The number of ketones is 2. The van der Waals surface area contributed by atoms with E-state index in [9.17, 15) is 32.3 Å². The Kier molecular flexibility index (Phi) is 9.96. The van der Waals surface area contributed by atoms with Gasteiger partial charge in [-0.1, -0.05) is 84.9 Å². The molecule has 290 valence electrons. The third-order valence-corrected chi connectivity index (χ3v) is 11.1. The zero-order valence-electron chi connectivity index (χ0n) is 30.7. The molecule has 0 saturated carbocycles. The van der Waals surface area contributed by atoms with Crippen molar-refractivity contribution in [1.29, 1.82) is 0 Å². The van der Waals surface area contributed by atoms with Crippen molar-refractivity contribution in [3.63, 3.8) is 0 Å². The van der Waals surface area contributed by atoms with Gasteiger partial charge < -0.3 is 24.0 Å². The molecule has 2 aliphatic carbocycles. The maximum Gasteiger partial charge on any atom is 0.490 e. The Bertz CT molecular complexity index is 2550. The van der Waals surface area contributed by atoms with Gasteiger partial charge in [0, 0.05) is 83.1 Å². The van der Waals surface area contributed by atoms with Crippen molar-refractivity contribution in [1.82, 2.24) is 18.9 Å². The normalized spacial score (nSPS) is 14.9. The number of pyridine rings is 2. The van der Waals surface area contributed by atoms with E-state index in [1.165, 1.54) is 0 Å². The molecule has 6 aromatic rings. The summed E-state index contributed by atoms with van der Waals surface area (Å²) in [4.78, 5) is 68.3. The highest BCUT2D eigenvalue weighted by Crippen LogP contribution is 2.40. The molecule has 3 heterocycles. The third-order valence-electron chi connectivity index (χ3n) is 11.1. The van der Waals surface area contributed by atoms with Gasteiger partial charge in [0.25, 0.3) is 11.1 Å². The zero-order chi connectivity index (χ0) is 40.0. The molecule has 0 unspecified atom stereocenters. The molecule has 9 rings (SSSR count). The Labute approximate surface area is 324 Å². The minimum atomic E-state index is -5.08. The summed E-state index contributed by atoms with van der Waals surface area (Å²) in [6, 6.07) is 30.1. The second kappa shape index (κ2) is 15.1. The van der Waals surface area contributed by atoms with E-state index in [1.807, 2.05) is 106 Å². The minimum Gasteiger partial charge on any atom is -0.475 e. The Morgan fingerprint density at radius 3 is 1.18 bits per heavy atom. The summed E-state index contributed by atoms with van der Waals surface area (Å²) >= 11 is 0. The van der Waals surface area contributed by atoms with Crippen LogP contribution >= 0.6 is 0 Å². The molecule has 2 aromatic heterocycles. The van der Waals surface area contributed by atoms with Crippen molar-refractivity contribution in [3.8, 4) is 22.5 Å². The molecule has 0 bridgehead atoms. The summed E-state index contributed by atoms with van der Waals surface area (Å²) in [5, 5.41) is 9.77. The number of rotatable bonds is 8. The van der Waals surface area contributed by atoms with E-state index in [2.05, 4.69) is 9.80 Å². The molecule has 0 amide bonds. The summed E-state index contributed by atoms with van der Waals surface area (Å²) in [6.07, 6.45) is -3.48. The molecular weight excluding hydrogens is 737 g/mol. The number of hydrogen-bond donors (Lipinski definition) is 1. The Balaban J connectivity index is 0.000000598. The summed E-state index contributed by atoms with van der Waals surface area (Å²) in [7, 11) is 0. The fourth-order valence-electron chi connectivity index (χ4n) is 8.43. The van der Waals surface area contributed by atoms with Gasteiger partial charge in [-0.05, 0) is 38.1 Å². The summed E-state index contributed by atoms with van der Waals surface area (Å²) in [5.74, 6) is -2.78. The van der Waals surface area contributed by atoms with Gasteiger partial charge in [0.05, 0.1) is 22.5 Å². The molecule has 4 aromatic carbocycles. The van der Waals surface area contributed by atoms with Crippen LogP contribution in [0.1, 0.15) is 44.7 Å². The number of piperazine rings is 1. The van der Waals surface area contributed by atoms with E-state index in [1.54, 1.807) is 0 Å². The number of aliphatic carboxylic acids is 1. The second-order valence-corrected chi connectivity index (χ2v) is 14.4. The molecule has 1 fully saturated rings. The van der Waals surface area contributed by atoms with Crippen LogP contribution in [0.5, 0.6) is 0 Å². The first-order chi connectivity index (χ1) is 27.5. The average Bonchev–Trinajstić information content (AvgIpc) is 3.68. The molecule has 1 N–H and O–H groups in total. The summed E-state index contributed by atoms with van der Waals surface area (Å²) in [6.45, 7) is 6.54. The lowest BCUT2D eigenvalue weighted by atomic mass is 10.0. The number of carbonyl (C=O) groups excluding carboxylic acids is 2. The fourth-order valence-corrected chi connectivity index (χ4v) is 8.43. The topological polar surface area (TPSA) is 122 Å². The van der Waals surface area contributed by atoms with Crippen molar-refractivity contribution in [2.45, 2.75) is 32.1 Å². The SMILES string of the molecule is O=C(O)C(F)(F)F.O=C1c2ccccc2-c2c1c1ccccc1c(=O)n2CCCN1CCN(CCCn2c3c(c4ccccc4c2=O)C(=O)c2ccccc2-3)CC1. The van der Waals surface area contributed by atoms with Gasteiger partial charge in [-0.25, -0.2) is 4.79 Å². The van der Waals surface area contributed by atoms with E-state index < -0.39 is 12.1 Å². The number of carbonyl (C=O) groups is 3. The molecule has 3 aliphatic rings. The van der Waals surface area contributed by atoms with Crippen LogP contribution in [-0.2, 0) is 17.9 Å². The van der Waals surface area contributed by atoms with E-state index in [0.717, 1.165) is 85.4 Å². The highest BCUT2D eigenvalue weighted by molar-refractivity contribution is 6.27. The lowest BCUT2D eigenvalue weighted by Gasteiger charge is -2.34. The molecule has 57 heavy (non-hydrogen) atoms. The Hall–Kier alpha value is -6.18. The highest BCUT2D eigenvalue weighted by Gasteiger charge is 2.38. The molecular formula is C44H37F3N4O6. The zero-order valence-corrected chi connectivity index (χ0v) is 30.7. The summed E-state index contributed by atoms with van der Waals surface area (Å²) < 4.78 is 35.4.